The van der Waals surface area contributed by atoms with E-state index in [1.165, 1.54) is 0 Å². The molecule has 0 saturated carbocycles. The van der Waals surface area contributed by atoms with Crippen LogP contribution in [0.1, 0.15) is 36.7 Å². The molecule has 0 fully saturated rings. The lowest BCUT2D eigenvalue weighted by atomic mass is 10.1. The van der Waals surface area contributed by atoms with Crippen LogP contribution in [0.5, 0.6) is 5.75 Å². The molecular formula is C22H26BrNO4. The Morgan fingerprint density at radius 1 is 1.11 bits per heavy atom. The van der Waals surface area contributed by atoms with Crippen molar-refractivity contribution >= 4 is 27.8 Å². The van der Waals surface area contributed by atoms with Gasteiger partial charge in [0, 0.05) is 12.0 Å². The summed E-state index contributed by atoms with van der Waals surface area (Å²) in [6.07, 6.45) is 0.363. The molecule has 0 aliphatic rings. The SMILES string of the molecule is CCOC(=O)C(Cc1ccccc1)NC(=O)c1ccc(OCC(C)C)c(Br)c1. The number of carbonyl (C=O) groups excluding carboxylic acids is 2. The fraction of sp³-hybridized carbons (Fsp3) is 0.364. The summed E-state index contributed by atoms with van der Waals surface area (Å²) >= 11 is 3.44. The monoisotopic (exact) mass is 447 g/mol. The minimum atomic E-state index is -0.759. The summed E-state index contributed by atoms with van der Waals surface area (Å²) in [7, 11) is 0. The molecule has 0 bridgehead atoms. The van der Waals surface area contributed by atoms with E-state index in [1.54, 1.807) is 25.1 Å². The van der Waals surface area contributed by atoms with Crippen molar-refractivity contribution < 1.29 is 19.1 Å². The largest absolute Gasteiger partial charge is 0.492 e. The Morgan fingerprint density at radius 2 is 1.82 bits per heavy atom. The van der Waals surface area contributed by atoms with E-state index in [9.17, 15) is 9.59 Å². The molecular weight excluding hydrogens is 422 g/mol. The van der Waals surface area contributed by atoms with Crippen LogP contribution in [-0.2, 0) is 16.0 Å². The average Bonchev–Trinajstić information content (AvgIpc) is 2.67. The van der Waals surface area contributed by atoms with Gasteiger partial charge in [-0.05, 0) is 52.5 Å². The first kappa shape index (κ1) is 22.0. The molecule has 0 aliphatic carbocycles. The molecule has 28 heavy (non-hydrogen) atoms. The van der Waals surface area contributed by atoms with Gasteiger partial charge in [0.15, 0.2) is 0 Å². The first-order valence-electron chi connectivity index (χ1n) is 9.34. The average molecular weight is 448 g/mol. The highest BCUT2D eigenvalue weighted by Gasteiger charge is 2.23. The van der Waals surface area contributed by atoms with E-state index < -0.39 is 12.0 Å². The van der Waals surface area contributed by atoms with Crippen molar-refractivity contribution in [2.45, 2.75) is 33.2 Å². The first-order valence-corrected chi connectivity index (χ1v) is 10.1. The quantitative estimate of drug-likeness (QED) is 0.578. The molecule has 5 nitrogen and oxygen atoms in total. The molecule has 0 aliphatic heterocycles. The van der Waals surface area contributed by atoms with Crippen LogP contribution in [0, 0.1) is 5.92 Å². The fourth-order valence-electron chi connectivity index (χ4n) is 2.54. The minimum Gasteiger partial charge on any atom is -0.492 e. The number of carbonyl (C=O) groups is 2. The second-order valence-electron chi connectivity index (χ2n) is 6.82. The molecule has 150 valence electrons. The van der Waals surface area contributed by atoms with Crippen molar-refractivity contribution in [3.8, 4) is 5.75 Å². The third-order valence-corrected chi connectivity index (χ3v) is 4.55. The van der Waals surface area contributed by atoms with E-state index in [4.69, 9.17) is 9.47 Å². The Bertz CT molecular complexity index is 792. The van der Waals surface area contributed by atoms with Gasteiger partial charge in [-0.3, -0.25) is 4.79 Å². The van der Waals surface area contributed by atoms with Crippen LogP contribution in [0.4, 0.5) is 0 Å². The van der Waals surface area contributed by atoms with E-state index in [0.717, 1.165) is 5.56 Å². The number of ether oxygens (including phenoxy) is 2. The molecule has 0 radical (unpaired) electrons. The summed E-state index contributed by atoms with van der Waals surface area (Å²) in [6.45, 7) is 6.72. The molecule has 1 amide bonds. The number of hydrogen-bond donors (Lipinski definition) is 1. The van der Waals surface area contributed by atoms with Gasteiger partial charge in [0.2, 0.25) is 0 Å². The molecule has 2 aromatic carbocycles. The van der Waals surface area contributed by atoms with Gasteiger partial charge >= 0.3 is 5.97 Å². The Kier molecular flexibility index (Phi) is 8.51. The van der Waals surface area contributed by atoms with Gasteiger partial charge in [0.1, 0.15) is 11.8 Å². The van der Waals surface area contributed by atoms with Crippen LogP contribution >= 0.6 is 15.9 Å². The van der Waals surface area contributed by atoms with Crippen LogP contribution in [-0.4, -0.2) is 31.1 Å². The van der Waals surface area contributed by atoms with Crippen LogP contribution in [0.15, 0.2) is 53.0 Å². The Labute approximate surface area is 174 Å². The van der Waals surface area contributed by atoms with E-state index >= 15 is 0 Å². The van der Waals surface area contributed by atoms with Gasteiger partial charge in [-0.15, -0.1) is 0 Å². The lowest BCUT2D eigenvalue weighted by Crippen LogP contribution is -2.43. The molecule has 2 aromatic rings. The number of amides is 1. The summed E-state index contributed by atoms with van der Waals surface area (Å²) in [5, 5.41) is 2.79. The third kappa shape index (κ3) is 6.68. The maximum absolute atomic E-state index is 12.7. The van der Waals surface area contributed by atoms with E-state index in [1.807, 2.05) is 30.3 Å². The van der Waals surface area contributed by atoms with Gasteiger partial charge in [-0.1, -0.05) is 44.2 Å². The zero-order valence-corrected chi connectivity index (χ0v) is 18.0. The molecule has 6 heteroatoms. The second kappa shape index (κ2) is 10.9. The maximum atomic E-state index is 12.7. The summed E-state index contributed by atoms with van der Waals surface area (Å²) in [4.78, 5) is 25.0. The maximum Gasteiger partial charge on any atom is 0.328 e. The van der Waals surface area contributed by atoms with Gasteiger partial charge < -0.3 is 14.8 Å². The lowest BCUT2D eigenvalue weighted by molar-refractivity contribution is -0.145. The number of benzene rings is 2. The zero-order valence-electron chi connectivity index (χ0n) is 16.4. The van der Waals surface area contributed by atoms with Crippen LogP contribution in [0.2, 0.25) is 0 Å². The smallest absolute Gasteiger partial charge is 0.328 e. The molecule has 0 saturated heterocycles. The standard InChI is InChI=1S/C22H26BrNO4/c1-4-27-22(26)19(12-16-8-6-5-7-9-16)24-21(25)17-10-11-20(18(23)13-17)28-14-15(2)3/h5-11,13,15,19H,4,12,14H2,1-3H3,(H,24,25). The number of esters is 1. The van der Waals surface area contributed by atoms with Crippen molar-refractivity contribution in [2.75, 3.05) is 13.2 Å². The minimum absolute atomic E-state index is 0.257. The predicted molar refractivity (Wildman–Crippen MR) is 113 cm³/mol. The predicted octanol–water partition coefficient (Wildman–Crippen LogP) is 4.39. The number of hydrogen-bond acceptors (Lipinski definition) is 4. The van der Waals surface area contributed by atoms with Gasteiger partial charge in [-0.25, -0.2) is 4.79 Å². The summed E-state index contributed by atoms with van der Waals surface area (Å²) in [5.41, 5.74) is 1.38. The van der Waals surface area contributed by atoms with Gasteiger partial charge in [-0.2, -0.15) is 0 Å². The number of rotatable bonds is 9. The molecule has 0 spiro atoms. The Balaban J connectivity index is 2.11. The normalized spacial score (nSPS) is 11.8. The summed E-state index contributed by atoms with van der Waals surface area (Å²) < 4.78 is 11.5. The first-order chi connectivity index (χ1) is 13.4. The summed E-state index contributed by atoms with van der Waals surface area (Å²) in [6, 6.07) is 13.9. The highest BCUT2D eigenvalue weighted by Crippen LogP contribution is 2.26. The lowest BCUT2D eigenvalue weighted by Gasteiger charge is -2.18. The van der Waals surface area contributed by atoms with E-state index in [0.29, 0.717) is 34.7 Å². The zero-order chi connectivity index (χ0) is 20.5. The van der Waals surface area contributed by atoms with Gasteiger partial charge in [0.05, 0.1) is 17.7 Å². The number of nitrogens with one attached hydrogen (secondary N) is 1. The van der Waals surface area contributed by atoms with Crippen molar-refractivity contribution in [3.63, 3.8) is 0 Å². The van der Waals surface area contributed by atoms with Gasteiger partial charge in [0.25, 0.3) is 5.91 Å². The molecule has 0 heterocycles. The van der Waals surface area contributed by atoms with Crippen molar-refractivity contribution in [3.05, 3.63) is 64.1 Å². The number of halogens is 1. The Morgan fingerprint density at radius 3 is 2.43 bits per heavy atom. The molecule has 1 unspecified atom stereocenters. The van der Waals surface area contributed by atoms with Crippen LogP contribution < -0.4 is 10.1 Å². The summed E-state index contributed by atoms with van der Waals surface area (Å²) in [5.74, 6) is 0.287. The highest BCUT2D eigenvalue weighted by atomic mass is 79.9. The Hall–Kier alpha value is -2.34. The molecule has 2 rings (SSSR count). The van der Waals surface area contributed by atoms with E-state index in [2.05, 4.69) is 35.1 Å². The second-order valence-corrected chi connectivity index (χ2v) is 7.67. The fourth-order valence-corrected chi connectivity index (χ4v) is 3.04. The molecule has 1 atom stereocenters. The molecule has 1 N–H and O–H groups in total. The third-order valence-electron chi connectivity index (χ3n) is 3.93. The van der Waals surface area contributed by atoms with Crippen molar-refractivity contribution in [1.29, 1.82) is 0 Å². The van der Waals surface area contributed by atoms with E-state index in [-0.39, 0.29) is 12.5 Å². The van der Waals surface area contributed by atoms with Crippen molar-refractivity contribution in [2.24, 2.45) is 5.92 Å². The topological polar surface area (TPSA) is 64.6 Å². The van der Waals surface area contributed by atoms with Crippen LogP contribution in [0.25, 0.3) is 0 Å². The molecule has 0 aromatic heterocycles. The highest BCUT2D eigenvalue weighted by molar-refractivity contribution is 9.10. The van der Waals surface area contributed by atoms with Crippen LogP contribution in [0.3, 0.4) is 0 Å². The van der Waals surface area contributed by atoms with Crippen molar-refractivity contribution in [1.82, 2.24) is 5.32 Å².